The molecule has 2 rings (SSSR count). The lowest BCUT2D eigenvalue weighted by Crippen LogP contribution is -2.49. The lowest BCUT2D eigenvalue weighted by Gasteiger charge is -2.35. The Morgan fingerprint density at radius 1 is 1.59 bits per heavy atom. The summed E-state index contributed by atoms with van der Waals surface area (Å²) in [6.07, 6.45) is 0.185. The number of nitrogens with zero attached hydrogens (tertiary/aromatic N) is 1. The molecule has 2 atom stereocenters. The maximum atomic E-state index is 12.3. The van der Waals surface area contributed by atoms with E-state index in [2.05, 4.69) is 31.9 Å². The van der Waals surface area contributed by atoms with Gasteiger partial charge >= 0.3 is 0 Å². The molecule has 1 aromatic heterocycles. The van der Waals surface area contributed by atoms with Gasteiger partial charge in [0.05, 0.1) is 20.9 Å². The zero-order valence-corrected chi connectivity index (χ0v) is 13.3. The van der Waals surface area contributed by atoms with Gasteiger partial charge in [-0.2, -0.15) is 0 Å². The van der Waals surface area contributed by atoms with E-state index < -0.39 is 0 Å². The third kappa shape index (κ3) is 3.30. The standard InChI is InChI=1S/C11H13Br2NO2S/c1-7-5-14(6-8(4-12)16-7)11(15)9-2-3-10(13)17-9/h2-3,7-8H,4-6H2,1H3. The van der Waals surface area contributed by atoms with Crippen molar-refractivity contribution >= 4 is 49.1 Å². The summed E-state index contributed by atoms with van der Waals surface area (Å²) in [5.74, 6) is 0.0989. The summed E-state index contributed by atoms with van der Waals surface area (Å²) in [5, 5.41) is 0.759. The second-order valence-corrected chi connectivity index (χ2v) is 7.15. The Labute approximate surface area is 121 Å². The summed E-state index contributed by atoms with van der Waals surface area (Å²) in [6, 6.07) is 3.77. The molecular weight excluding hydrogens is 370 g/mol. The molecule has 3 nitrogen and oxygen atoms in total. The van der Waals surface area contributed by atoms with Crippen LogP contribution in [0.25, 0.3) is 0 Å². The van der Waals surface area contributed by atoms with E-state index in [-0.39, 0.29) is 18.1 Å². The van der Waals surface area contributed by atoms with Gasteiger partial charge in [-0.25, -0.2) is 0 Å². The van der Waals surface area contributed by atoms with Gasteiger partial charge in [-0.1, -0.05) is 15.9 Å². The van der Waals surface area contributed by atoms with Gasteiger partial charge in [0.25, 0.3) is 5.91 Å². The molecule has 2 unspecified atom stereocenters. The van der Waals surface area contributed by atoms with E-state index in [4.69, 9.17) is 4.74 Å². The molecule has 6 heteroatoms. The van der Waals surface area contributed by atoms with Crippen LogP contribution in [0.3, 0.4) is 0 Å². The molecule has 1 saturated heterocycles. The predicted molar refractivity (Wildman–Crippen MR) is 76.1 cm³/mol. The third-order valence-electron chi connectivity index (χ3n) is 2.57. The van der Waals surface area contributed by atoms with Gasteiger partial charge in [0.2, 0.25) is 0 Å². The highest BCUT2D eigenvalue weighted by molar-refractivity contribution is 9.11. The van der Waals surface area contributed by atoms with Crippen molar-refractivity contribution in [1.29, 1.82) is 0 Å². The number of carbonyl (C=O) groups is 1. The number of alkyl halides is 1. The van der Waals surface area contributed by atoms with Gasteiger partial charge in [0, 0.05) is 18.4 Å². The van der Waals surface area contributed by atoms with Gasteiger partial charge in [-0.15, -0.1) is 11.3 Å². The second-order valence-electron chi connectivity index (χ2n) is 4.04. The van der Waals surface area contributed by atoms with Crippen molar-refractivity contribution in [3.63, 3.8) is 0 Å². The van der Waals surface area contributed by atoms with Crippen LogP contribution in [-0.2, 0) is 4.74 Å². The van der Waals surface area contributed by atoms with Crippen molar-refractivity contribution in [2.75, 3.05) is 18.4 Å². The van der Waals surface area contributed by atoms with Crippen LogP contribution in [0.1, 0.15) is 16.6 Å². The number of amides is 1. The number of carbonyl (C=O) groups excluding carboxylic acids is 1. The summed E-state index contributed by atoms with van der Waals surface area (Å²) in [5.41, 5.74) is 0. The van der Waals surface area contributed by atoms with E-state index in [1.807, 2.05) is 24.0 Å². The Morgan fingerprint density at radius 2 is 2.35 bits per heavy atom. The van der Waals surface area contributed by atoms with Crippen molar-refractivity contribution in [1.82, 2.24) is 4.90 Å². The fraction of sp³-hybridized carbons (Fsp3) is 0.545. The highest BCUT2D eigenvalue weighted by Crippen LogP contribution is 2.24. The van der Waals surface area contributed by atoms with Crippen molar-refractivity contribution in [2.45, 2.75) is 19.1 Å². The molecule has 1 aromatic rings. The van der Waals surface area contributed by atoms with Crippen molar-refractivity contribution in [3.8, 4) is 0 Å². The molecular formula is C11H13Br2NO2S. The van der Waals surface area contributed by atoms with Crippen LogP contribution in [0.4, 0.5) is 0 Å². The molecule has 1 fully saturated rings. The minimum absolute atomic E-state index is 0.0890. The predicted octanol–water partition coefficient (Wildman–Crippen LogP) is 3.14. The topological polar surface area (TPSA) is 29.5 Å². The molecule has 0 bridgehead atoms. The molecule has 0 spiro atoms. The monoisotopic (exact) mass is 381 g/mol. The Kier molecular flexibility index (Phi) is 4.63. The Bertz CT molecular complexity index is 410. The Hall–Kier alpha value is 0.0900. The second kappa shape index (κ2) is 5.82. The molecule has 94 valence electrons. The number of halogens is 2. The lowest BCUT2D eigenvalue weighted by molar-refractivity contribution is -0.0558. The Balaban J connectivity index is 2.08. The van der Waals surface area contributed by atoms with E-state index in [1.165, 1.54) is 11.3 Å². The van der Waals surface area contributed by atoms with E-state index >= 15 is 0 Å². The van der Waals surface area contributed by atoms with Crippen LogP contribution >= 0.6 is 43.2 Å². The highest BCUT2D eigenvalue weighted by atomic mass is 79.9. The minimum Gasteiger partial charge on any atom is -0.371 e. The fourth-order valence-electron chi connectivity index (χ4n) is 1.88. The first kappa shape index (κ1) is 13.5. The first-order valence-electron chi connectivity index (χ1n) is 5.36. The van der Waals surface area contributed by atoms with E-state index in [9.17, 15) is 4.79 Å². The summed E-state index contributed by atoms with van der Waals surface area (Å²) in [6.45, 7) is 3.32. The Morgan fingerprint density at radius 3 is 2.94 bits per heavy atom. The SMILES string of the molecule is CC1CN(C(=O)c2ccc(Br)s2)CC(CBr)O1. The van der Waals surface area contributed by atoms with Crippen LogP contribution in [0.2, 0.25) is 0 Å². The van der Waals surface area contributed by atoms with E-state index in [0.29, 0.717) is 13.1 Å². The lowest BCUT2D eigenvalue weighted by atomic mass is 10.2. The quantitative estimate of drug-likeness (QED) is 0.735. The van der Waals surface area contributed by atoms with Crippen LogP contribution in [0.5, 0.6) is 0 Å². The molecule has 1 aliphatic rings. The van der Waals surface area contributed by atoms with Crippen LogP contribution in [0.15, 0.2) is 15.9 Å². The van der Waals surface area contributed by atoms with Crippen molar-refractivity contribution in [2.24, 2.45) is 0 Å². The van der Waals surface area contributed by atoms with Crippen molar-refractivity contribution in [3.05, 3.63) is 20.8 Å². The largest absolute Gasteiger partial charge is 0.371 e. The van der Waals surface area contributed by atoms with Gasteiger partial charge in [0.15, 0.2) is 0 Å². The maximum Gasteiger partial charge on any atom is 0.264 e. The average molecular weight is 383 g/mol. The van der Waals surface area contributed by atoms with Crippen LogP contribution < -0.4 is 0 Å². The average Bonchev–Trinajstić information content (AvgIpc) is 2.74. The number of hydrogen-bond donors (Lipinski definition) is 0. The molecule has 1 aliphatic heterocycles. The summed E-state index contributed by atoms with van der Waals surface area (Å²) < 4.78 is 6.70. The van der Waals surface area contributed by atoms with Gasteiger partial charge < -0.3 is 9.64 Å². The highest BCUT2D eigenvalue weighted by Gasteiger charge is 2.28. The molecule has 0 aromatic carbocycles. The number of thiophene rings is 1. The smallest absolute Gasteiger partial charge is 0.264 e. The third-order valence-corrected chi connectivity index (χ3v) is 4.90. The van der Waals surface area contributed by atoms with Crippen LogP contribution in [0, 0.1) is 0 Å². The zero-order chi connectivity index (χ0) is 12.4. The maximum absolute atomic E-state index is 12.3. The summed E-state index contributed by atoms with van der Waals surface area (Å²) in [4.78, 5) is 14.9. The first-order chi connectivity index (χ1) is 8.10. The van der Waals surface area contributed by atoms with Gasteiger partial charge in [-0.05, 0) is 35.0 Å². The summed E-state index contributed by atoms with van der Waals surface area (Å²) >= 11 is 8.26. The molecule has 1 amide bonds. The van der Waals surface area contributed by atoms with Crippen molar-refractivity contribution < 1.29 is 9.53 Å². The first-order valence-corrected chi connectivity index (χ1v) is 8.09. The molecule has 2 heterocycles. The molecule has 17 heavy (non-hydrogen) atoms. The van der Waals surface area contributed by atoms with E-state index in [1.54, 1.807) is 0 Å². The normalized spacial score (nSPS) is 25.0. The molecule has 0 N–H and O–H groups in total. The minimum atomic E-state index is 0.0890. The zero-order valence-electron chi connectivity index (χ0n) is 9.36. The number of ether oxygens (including phenoxy) is 1. The van der Waals surface area contributed by atoms with Crippen LogP contribution in [-0.4, -0.2) is 41.4 Å². The summed E-state index contributed by atoms with van der Waals surface area (Å²) in [7, 11) is 0. The molecule has 0 radical (unpaired) electrons. The molecule has 0 saturated carbocycles. The number of morpholine rings is 1. The number of rotatable bonds is 2. The fourth-order valence-corrected chi connectivity index (χ4v) is 3.59. The van der Waals surface area contributed by atoms with Gasteiger partial charge in [-0.3, -0.25) is 4.79 Å². The van der Waals surface area contributed by atoms with E-state index in [0.717, 1.165) is 14.0 Å². The number of hydrogen-bond acceptors (Lipinski definition) is 3. The van der Waals surface area contributed by atoms with Gasteiger partial charge in [0.1, 0.15) is 0 Å². The molecule has 0 aliphatic carbocycles.